The molecule has 0 spiro atoms. The van der Waals surface area contributed by atoms with Crippen LogP contribution in [0, 0.1) is 5.92 Å². The van der Waals surface area contributed by atoms with E-state index >= 15 is 0 Å². The fraction of sp³-hybridized carbons (Fsp3) is 1.00. The number of halogens is 1. The lowest BCUT2D eigenvalue weighted by Crippen LogP contribution is -2.65. The van der Waals surface area contributed by atoms with Gasteiger partial charge in [-0.15, -0.1) is 0 Å². The van der Waals surface area contributed by atoms with E-state index in [-0.39, 0.29) is 12.2 Å². The van der Waals surface area contributed by atoms with Crippen molar-refractivity contribution >= 4 is 0 Å². The standard InChI is InChI=1S/C15H29FN2/c1-3-15(2)12-17-14(11-18(15)10-9-16)13-7-5-4-6-8-13/h13-14,17H,3-12H2,1-2H3. The molecule has 0 aromatic rings. The molecular formula is C15H29FN2. The Kier molecular flexibility index (Phi) is 5.02. The minimum absolute atomic E-state index is 0.150. The lowest BCUT2D eigenvalue weighted by atomic mass is 9.81. The van der Waals surface area contributed by atoms with E-state index < -0.39 is 0 Å². The Morgan fingerprint density at radius 1 is 1.28 bits per heavy atom. The van der Waals surface area contributed by atoms with E-state index in [0.29, 0.717) is 12.6 Å². The largest absolute Gasteiger partial charge is 0.311 e. The molecule has 2 rings (SSSR count). The molecule has 1 saturated heterocycles. The summed E-state index contributed by atoms with van der Waals surface area (Å²) in [5.74, 6) is 0.822. The van der Waals surface area contributed by atoms with Crippen LogP contribution in [0.3, 0.4) is 0 Å². The Balaban J connectivity index is 1.96. The summed E-state index contributed by atoms with van der Waals surface area (Å²) in [7, 11) is 0. The molecule has 2 unspecified atom stereocenters. The molecule has 1 N–H and O–H groups in total. The highest BCUT2D eigenvalue weighted by Crippen LogP contribution is 2.31. The maximum atomic E-state index is 12.8. The van der Waals surface area contributed by atoms with E-state index in [1.165, 1.54) is 32.1 Å². The summed E-state index contributed by atoms with van der Waals surface area (Å²) < 4.78 is 12.8. The molecule has 0 bridgehead atoms. The van der Waals surface area contributed by atoms with Crippen molar-refractivity contribution in [3.63, 3.8) is 0 Å². The van der Waals surface area contributed by atoms with Gasteiger partial charge in [0.25, 0.3) is 0 Å². The molecule has 0 aromatic carbocycles. The number of alkyl halides is 1. The molecule has 3 heteroatoms. The Morgan fingerprint density at radius 2 is 2.00 bits per heavy atom. The van der Waals surface area contributed by atoms with E-state index in [4.69, 9.17) is 0 Å². The highest BCUT2D eigenvalue weighted by atomic mass is 19.1. The van der Waals surface area contributed by atoms with Crippen molar-refractivity contribution in [2.75, 3.05) is 26.3 Å². The smallest absolute Gasteiger partial charge is 0.102 e. The van der Waals surface area contributed by atoms with Gasteiger partial charge in [0, 0.05) is 31.2 Å². The number of rotatable bonds is 4. The van der Waals surface area contributed by atoms with Gasteiger partial charge in [0.2, 0.25) is 0 Å². The van der Waals surface area contributed by atoms with Gasteiger partial charge in [-0.3, -0.25) is 4.90 Å². The first-order valence-corrected chi connectivity index (χ1v) is 7.74. The van der Waals surface area contributed by atoms with Crippen molar-refractivity contribution in [1.82, 2.24) is 10.2 Å². The van der Waals surface area contributed by atoms with Crippen LogP contribution in [-0.4, -0.2) is 42.8 Å². The summed E-state index contributed by atoms with van der Waals surface area (Å²) in [6.07, 6.45) is 8.00. The van der Waals surface area contributed by atoms with E-state index in [0.717, 1.165) is 25.4 Å². The first-order valence-electron chi connectivity index (χ1n) is 7.74. The monoisotopic (exact) mass is 256 g/mol. The van der Waals surface area contributed by atoms with E-state index in [1.54, 1.807) is 0 Å². The van der Waals surface area contributed by atoms with Crippen LogP contribution in [0.1, 0.15) is 52.4 Å². The fourth-order valence-electron chi connectivity index (χ4n) is 3.65. The quantitative estimate of drug-likeness (QED) is 0.832. The minimum Gasteiger partial charge on any atom is -0.311 e. The lowest BCUT2D eigenvalue weighted by molar-refractivity contribution is 0.0254. The maximum Gasteiger partial charge on any atom is 0.102 e. The fourth-order valence-corrected chi connectivity index (χ4v) is 3.65. The molecule has 1 saturated carbocycles. The first kappa shape index (κ1) is 14.3. The highest BCUT2D eigenvalue weighted by molar-refractivity contribution is 4.97. The Hall–Kier alpha value is -0.150. The van der Waals surface area contributed by atoms with Crippen molar-refractivity contribution in [1.29, 1.82) is 0 Å². The summed E-state index contributed by atoms with van der Waals surface area (Å²) >= 11 is 0. The van der Waals surface area contributed by atoms with Gasteiger partial charge in [-0.05, 0) is 32.1 Å². The number of nitrogens with one attached hydrogen (secondary N) is 1. The van der Waals surface area contributed by atoms with Crippen molar-refractivity contribution < 1.29 is 4.39 Å². The molecule has 0 radical (unpaired) electrons. The third kappa shape index (κ3) is 3.05. The minimum atomic E-state index is -0.215. The summed E-state index contributed by atoms with van der Waals surface area (Å²) in [5, 5.41) is 3.75. The molecular weight excluding hydrogens is 227 g/mol. The predicted molar refractivity (Wildman–Crippen MR) is 74.6 cm³/mol. The van der Waals surface area contributed by atoms with Gasteiger partial charge in [-0.2, -0.15) is 0 Å². The number of hydrogen-bond acceptors (Lipinski definition) is 2. The SMILES string of the molecule is CCC1(C)CNC(C2CCCCC2)CN1CCF. The van der Waals surface area contributed by atoms with Crippen molar-refractivity contribution in [2.45, 2.75) is 64.0 Å². The highest BCUT2D eigenvalue weighted by Gasteiger charge is 2.38. The average Bonchev–Trinajstić information content (AvgIpc) is 2.42. The van der Waals surface area contributed by atoms with E-state index in [1.807, 2.05) is 0 Å². The molecule has 2 aliphatic rings. The maximum absolute atomic E-state index is 12.8. The third-order valence-electron chi connectivity index (χ3n) is 5.26. The number of piperazine rings is 1. The second-order valence-electron chi connectivity index (χ2n) is 6.37. The number of nitrogens with zero attached hydrogens (tertiary/aromatic N) is 1. The van der Waals surface area contributed by atoms with Crippen LogP contribution < -0.4 is 5.32 Å². The molecule has 0 aromatic heterocycles. The summed E-state index contributed by atoms with van der Waals surface area (Å²) in [4.78, 5) is 2.39. The molecule has 1 heterocycles. The first-order chi connectivity index (χ1) is 8.69. The molecule has 2 fully saturated rings. The van der Waals surface area contributed by atoms with Crippen LogP contribution in [0.2, 0.25) is 0 Å². The zero-order chi connectivity index (χ0) is 13.0. The Bertz CT molecular complexity index is 253. The van der Waals surface area contributed by atoms with Crippen LogP contribution in [0.25, 0.3) is 0 Å². The van der Waals surface area contributed by atoms with Crippen molar-refractivity contribution in [2.24, 2.45) is 5.92 Å². The second-order valence-corrected chi connectivity index (χ2v) is 6.37. The van der Waals surface area contributed by atoms with Crippen LogP contribution in [-0.2, 0) is 0 Å². The molecule has 1 aliphatic carbocycles. The predicted octanol–water partition coefficient (Wildman–Crippen LogP) is 2.98. The van der Waals surface area contributed by atoms with Crippen molar-refractivity contribution in [3.8, 4) is 0 Å². The second kappa shape index (κ2) is 6.33. The van der Waals surface area contributed by atoms with Crippen LogP contribution in [0.4, 0.5) is 4.39 Å². The Labute approximate surface area is 111 Å². The molecule has 106 valence electrons. The topological polar surface area (TPSA) is 15.3 Å². The summed E-state index contributed by atoms with van der Waals surface area (Å²) in [6.45, 7) is 6.94. The molecule has 2 atom stereocenters. The average molecular weight is 256 g/mol. The lowest BCUT2D eigenvalue weighted by Gasteiger charge is -2.49. The van der Waals surface area contributed by atoms with Crippen LogP contribution in [0.5, 0.6) is 0 Å². The summed E-state index contributed by atoms with van der Waals surface area (Å²) in [6, 6.07) is 0.594. The normalized spacial score (nSPS) is 35.8. The van der Waals surface area contributed by atoms with Gasteiger partial charge in [0.1, 0.15) is 6.67 Å². The third-order valence-corrected chi connectivity index (χ3v) is 5.26. The van der Waals surface area contributed by atoms with Gasteiger partial charge < -0.3 is 5.32 Å². The summed E-state index contributed by atoms with van der Waals surface area (Å²) in [5.41, 5.74) is 0.150. The molecule has 1 aliphatic heterocycles. The van der Waals surface area contributed by atoms with Gasteiger partial charge in [-0.1, -0.05) is 26.2 Å². The van der Waals surface area contributed by atoms with E-state index in [2.05, 4.69) is 24.1 Å². The molecule has 2 nitrogen and oxygen atoms in total. The van der Waals surface area contributed by atoms with Crippen molar-refractivity contribution in [3.05, 3.63) is 0 Å². The Morgan fingerprint density at radius 3 is 2.61 bits per heavy atom. The van der Waals surface area contributed by atoms with Gasteiger partial charge >= 0.3 is 0 Å². The zero-order valence-electron chi connectivity index (χ0n) is 12.1. The zero-order valence-corrected chi connectivity index (χ0v) is 12.1. The number of hydrogen-bond donors (Lipinski definition) is 1. The molecule has 18 heavy (non-hydrogen) atoms. The van der Waals surface area contributed by atoms with Gasteiger partial charge in [0.05, 0.1) is 0 Å². The van der Waals surface area contributed by atoms with Crippen LogP contribution >= 0.6 is 0 Å². The van der Waals surface area contributed by atoms with E-state index in [9.17, 15) is 4.39 Å². The molecule has 0 amide bonds. The van der Waals surface area contributed by atoms with Crippen LogP contribution in [0.15, 0.2) is 0 Å². The van der Waals surface area contributed by atoms with Gasteiger partial charge in [-0.25, -0.2) is 4.39 Å². The van der Waals surface area contributed by atoms with Gasteiger partial charge in [0.15, 0.2) is 0 Å².